The summed E-state index contributed by atoms with van der Waals surface area (Å²) in [6, 6.07) is 8.91. The van der Waals surface area contributed by atoms with Gasteiger partial charge in [-0.2, -0.15) is 0 Å². The van der Waals surface area contributed by atoms with E-state index >= 15 is 0 Å². The standard InChI is InChI=1S/C17H25FN2/c1-13(12-14-6-8-15(18)9-7-14)20-11-3-5-17(20)16-4-2-10-19-16/h6-9,13,16-17,19H,2-5,10-12H2,1H3. The van der Waals surface area contributed by atoms with Crippen molar-refractivity contribution in [1.29, 1.82) is 0 Å². The van der Waals surface area contributed by atoms with Gasteiger partial charge in [-0.25, -0.2) is 4.39 Å². The molecule has 110 valence electrons. The zero-order valence-electron chi connectivity index (χ0n) is 12.3. The van der Waals surface area contributed by atoms with Crippen LogP contribution in [-0.2, 0) is 6.42 Å². The molecule has 2 aliphatic rings. The van der Waals surface area contributed by atoms with Crippen molar-refractivity contribution in [3.8, 4) is 0 Å². The topological polar surface area (TPSA) is 15.3 Å². The van der Waals surface area contributed by atoms with Gasteiger partial charge >= 0.3 is 0 Å². The van der Waals surface area contributed by atoms with Crippen LogP contribution in [-0.4, -0.2) is 36.1 Å². The molecule has 3 unspecified atom stereocenters. The highest BCUT2D eigenvalue weighted by atomic mass is 19.1. The minimum atomic E-state index is -0.143. The van der Waals surface area contributed by atoms with Crippen LogP contribution in [0.25, 0.3) is 0 Å². The molecule has 0 aliphatic carbocycles. The average Bonchev–Trinajstić information content (AvgIpc) is 3.11. The maximum absolute atomic E-state index is 13.0. The molecule has 0 amide bonds. The van der Waals surface area contributed by atoms with E-state index in [2.05, 4.69) is 17.1 Å². The van der Waals surface area contributed by atoms with Gasteiger partial charge in [0.1, 0.15) is 5.82 Å². The minimum absolute atomic E-state index is 0.143. The summed E-state index contributed by atoms with van der Waals surface area (Å²) in [5.74, 6) is -0.143. The van der Waals surface area contributed by atoms with Crippen molar-refractivity contribution >= 4 is 0 Å². The lowest BCUT2D eigenvalue weighted by Gasteiger charge is -2.34. The quantitative estimate of drug-likeness (QED) is 0.909. The van der Waals surface area contributed by atoms with E-state index in [0.717, 1.165) is 6.42 Å². The lowest BCUT2D eigenvalue weighted by molar-refractivity contribution is 0.162. The Hall–Kier alpha value is -0.930. The smallest absolute Gasteiger partial charge is 0.123 e. The van der Waals surface area contributed by atoms with Gasteiger partial charge in [0.05, 0.1) is 0 Å². The summed E-state index contributed by atoms with van der Waals surface area (Å²) in [7, 11) is 0. The Morgan fingerprint density at radius 1 is 1.25 bits per heavy atom. The van der Waals surface area contributed by atoms with Crippen molar-refractivity contribution in [1.82, 2.24) is 10.2 Å². The molecule has 2 nitrogen and oxygen atoms in total. The fourth-order valence-corrected chi connectivity index (χ4v) is 3.91. The number of hydrogen-bond acceptors (Lipinski definition) is 2. The van der Waals surface area contributed by atoms with Crippen LogP contribution < -0.4 is 5.32 Å². The van der Waals surface area contributed by atoms with Gasteiger partial charge in [-0.05, 0) is 69.8 Å². The van der Waals surface area contributed by atoms with Crippen molar-refractivity contribution < 1.29 is 4.39 Å². The second-order valence-electron chi connectivity index (χ2n) is 6.33. The van der Waals surface area contributed by atoms with E-state index in [9.17, 15) is 4.39 Å². The summed E-state index contributed by atoms with van der Waals surface area (Å²) in [5.41, 5.74) is 1.24. The normalized spacial score (nSPS) is 28.9. The highest BCUT2D eigenvalue weighted by Crippen LogP contribution is 2.27. The van der Waals surface area contributed by atoms with Crippen LogP contribution >= 0.6 is 0 Å². The number of halogens is 1. The molecule has 0 aromatic heterocycles. The zero-order valence-corrected chi connectivity index (χ0v) is 12.3. The monoisotopic (exact) mass is 276 g/mol. The van der Waals surface area contributed by atoms with Crippen LogP contribution in [0.4, 0.5) is 4.39 Å². The third-order valence-electron chi connectivity index (χ3n) is 4.92. The first kappa shape index (κ1) is 14.0. The molecule has 1 N–H and O–H groups in total. The fraction of sp³-hybridized carbons (Fsp3) is 0.647. The van der Waals surface area contributed by atoms with E-state index in [0.29, 0.717) is 18.1 Å². The Balaban J connectivity index is 1.63. The molecule has 0 saturated carbocycles. The summed E-state index contributed by atoms with van der Waals surface area (Å²) in [6.07, 6.45) is 6.30. The number of benzene rings is 1. The van der Waals surface area contributed by atoms with Gasteiger partial charge in [0.15, 0.2) is 0 Å². The largest absolute Gasteiger partial charge is 0.312 e. The second kappa shape index (κ2) is 6.23. The van der Waals surface area contributed by atoms with Crippen molar-refractivity contribution in [2.45, 2.75) is 57.2 Å². The van der Waals surface area contributed by atoms with E-state index in [1.54, 1.807) is 12.1 Å². The summed E-state index contributed by atoms with van der Waals surface area (Å²) >= 11 is 0. The van der Waals surface area contributed by atoms with Crippen LogP contribution in [0.5, 0.6) is 0 Å². The Morgan fingerprint density at radius 2 is 2.05 bits per heavy atom. The summed E-state index contributed by atoms with van der Waals surface area (Å²) < 4.78 is 13.0. The van der Waals surface area contributed by atoms with Crippen LogP contribution in [0.1, 0.15) is 38.2 Å². The van der Waals surface area contributed by atoms with E-state index in [-0.39, 0.29) is 5.82 Å². The lowest BCUT2D eigenvalue weighted by Crippen LogP contribution is -2.48. The van der Waals surface area contributed by atoms with Gasteiger partial charge in [-0.3, -0.25) is 4.90 Å². The molecule has 2 fully saturated rings. The molecular weight excluding hydrogens is 251 g/mol. The molecule has 3 atom stereocenters. The Bertz CT molecular complexity index is 425. The third-order valence-corrected chi connectivity index (χ3v) is 4.92. The number of nitrogens with one attached hydrogen (secondary N) is 1. The fourth-order valence-electron chi connectivity index (χ4n) is 3.91. The van der Waals surface area contributed by atoms with Crippen LogP contribution in [0, 0.1) is 5.82 Å². The lowest BCUT2D eigenvalue weighted by atomic mass is 10.0. The first-order valence-electron chi connectivity index (χ1n) is 7.97. The molecule has 0 spiro atoms. The molecule has 20 heavy (non-hydrogen) atoms. The summed E-state index contributed by atoms with van der Waals surface area (Å²) in [4.78, 5) is 2.67. The highest BCUT2D eigenvalue weighted by molar-refractivity contribution is 5.17. The van der Waals surface area contributed by atoms with Crippen LogP contribution in [0.2, 0.25) is 0 Å². The van der Waals surface area contributed by atoms with E-state index < -0.39 is 0 Å². The molecular formula is C17H25FN2. The van der Waals surface area contributed by atoms with Crippen molar-refractivity contribution in [2.75, 3.05) is 13.1 Å². The predicted molar refractivity (Wildman–Crippen MR) is 80.3 cm³/mol. The Kier molecular flexibility index (Phi) is 4.37. The molecule has 1 aromatic carbocycles. The SMILES string of the molecule is CC(Cc1ccc(F)cc1)N1CCCC1C1CCCN1. The van der Waals surface area contributed by atoms with E-state index in [4.69, 9.17) is 0 Å². The Labute approximate surface area is 121 Å². The van der Waals surface area contributed by atoms with Gasteiger partial charge < -0.3 is 5.32 Å². The predicted octanol–water partition coefficient (Wildman–Crippen LogP) is 2.97. The minimum Gasteiger partial charge on any atom is -0.312 e. The van der Waals surface area contributed by atoms with Gasteiger partial charge in [0, 0.05) is 18.1 Å². The summed E-state index contributed by atoms with van der Waals surface area (Å²) in [6.45, 7) is 4.71. The van der Waals surface area contributed by atoms with E-state index in [1.165, 1.54) is 44.3 Å². The number of rotatable bonds is 4. The molecule has 0 radical (unpaired) electrons. The van der Waals surface area contributed by atoms with Crippen molar-refractivity contribution in [2.24, 2.45) is 0 Å². The third kappa shape index (κ3) is 3.04. The maximum atomic E-state index is 13.0. The average molecular weight is 276 g/mol. The highest BCUT2D eigenvalue weighted by Gasteiger charge is 2.35. The summed E-state index contributed by atoms with van der Waals surface area (Å²) in [5, 5.41) is 3.66. The van der Waals surface area contributed by atoms with Gasteiger partial charge in [-0.1, -0.05) is 12.1 Å². The first-order valence-corrected chi connectivity index (χ1v) is 7.97. The molecule has 1 aromatic rings. The Morgan fingerprint density at radius 3 is 2.75 bits per heavy atom. The second-order valence-corrected chi connectivity index (χ2v) is 6.33. The molecule has 2 heterocycles. The van der Waals surface area contributed by atoms with Crippen LogP contribution in [0.15, 0.2) is 24.3 Å². The number of likely N-dealkylation sites (tertiary alicyclic amines) is 1. The number of nitrogens with zero attached hydrogens (tertiary/aromatic N) is 1. The maximum Gasteiger partial charge on any atom is 0.123 e. The van der Waals surface area contributed by atoms with Crippen molar-refractivity contribution in [3.63, 3.8) is 0 Å². The van der Waals surface area contributed by atoms with Gasteiger partial charge in [-0.15, -0.1) is 0 Å². The van der Waals surface area contributed by atoms with Crippen LogP contribution in [0.3, 0.4) is 0 Å². The van der Waals surface area contributed by atoms with E-state index in [1.807, 2.05) is 12.1 Å². The molecule has 2 aliphatic heterocycles. The molecule has 3 rings (SSSR count). The van der Waals surface area contributed by atoms with Gasteiger partial charge in [0.2, 0.25) is 0 Å². The zero-order chi connectivity index (χ0) is 13.9. The number of hydrogen-bond donors (Lipinski definition) is 1. The van der Waals surface area contributed by atoms with Crippen molar-refractivity contribution in [3.05, 3.63) is 35.6 Å². The first-order chi connectivity index (χ1) is 9.74. The molecule has 0 bridgehead atoms. The van der Waals surface area contributed by atoms with Gasteiger partial charge in [0.25, 0.3) is 0 Å². The molecule has 3 heteroatoms. The molecule has 2 saturated heterocycles.